The third-order valence-electron chi connectivity index (χ3n) is 15.1. The number of unbranched alkanes of at least 4 members (excludes halogenated alkanes) is 38. The molecule has 0 fully saturated rings. The van der Waals surface area contributed by atoms with Gasteiger partial charge in [0.1, 0.15) is 13.2 Å². The van der Waals surface area contributed by atoms with Crippen LogP contribution in [0.1, 0.15) is 348 Å². The van der Waals surface area contributed by atoms with Gasteiger partial charge in [0.05, 0.1) is 0 Å². The lowest BCUT2D eigenvalue weighted by Gasteiger charge is -2.18. The molecule has 0 aromatic carbocycles. The third-order valence-corrected chi connectivity index (χ3v) is 15.1. The van der Waals surface area contributed by atoms with Crippen LogP contribution in [0.25, 0.3) is 0 Å². The van der Waals surface area contributed by atoms with Gasteiger partial charge in [-0.2, -0.15) is 0 Å². The summed E-state index contributed by atoms with van der Waals surface area (Å²) in [4.78, 5) is 38.3. The van der Waals surface area contributed by atoms with Crippen molar-refractivity contribution in [1.29, 1.82) is 0 Å². The summed E-state index contributed by atoms with van der Waals surface area (Å²) in [6.45, 7) is 6.57. The van der Waals surface area contributed by atoms with Gasteiger partial charge in [0.2, 0.25) is 0 Å². The number of ether oxygens (including phenoxy) is 3. The Morgan fingerprint density at radius 1 is 0.250 bits per heavy atom. The van der Waals surface area contributed by atoms with Gasteiger partial charge >= 0.3 is 17.9 Å². The highest BCUT2D eigenvalue weighted by atomic mass is 16.6. The fourth-order valence-corrected chi connectivity index (χ4v) is 9.87. The minimum Gasteiger partial charge on any atom is -0.462 e. The summed E-state index contributed by atoms with van der Waals surface area (Å²) >= 11 is 0. The van der Waals surface area contributed by atoms with E-state index >= 15 is 0 Å². The van der Waals surface area contributed by atoms with Crippen molar-refractivity contribution in [3.63, 3.8) is 0 Å². The molecule has 1 atom stereocenters. The molecule has 0 radical (unpaired) electrons. The van der Waals surface area contributed by atoms with Crippen LogP contribution >= 0.6 is 0 Å². The normalized spacial score (nSPS) is 12.6. The molecule has 0 rings (SSSR count). The van der Waals surface area contributed by atoms with E-state index in [4.69, 9.17) is 14.2 Å². The Balaban J connectivity index is 4.17. The van der Waals surface area contributed by atoms with Crippen molar-refractivity contribution < 1.29 is 28.6 Å². The molecule has 0 bridgehead atoms. The topological polar surface area (TPSA) is 78.9 Å². The summed E-state index contributed by atoms with van der Waals surface area (Å²) in [5.41, 5.74) is 0. The maximum Gasteiger partial charge on any atom is 0.306 e. The number of rotatable bonds is 63. The van der Waals surface area contributed by atoms with Crippen LogP contribution in [0.15, 0.2) is 85.1 Å². The fourth-order valence-electron chi connectivity index (χ4n) is 9.87. The lowest BCUT2D eigenvalue weighted by atomic mass is 10.0. The van der Waals surface area contributed by atoms with Crippen molar-refractivity contribution in [2.75, 3.05) is 13.2 Å². The minimum absolute atomic E-state index is 0.0826. The summed E-state index contributed by atoms with van der Waals surface area (Å²) in [5.74, 6) is -0.893. The largest absolute Gasteiger partial charge is 0.462 e. The average Bonchev–Trinajstić information content (AvgIpc) is 3.46. The van der Waals surface area contributed by atoms with E-state index in [1.165, 1.54) is 199 Å². The van der Waals surface area contributed by atoms with Crippen molar-refractivity contribution in [3.05, 3.63) is 85.1 Å². The van der Waals surface area contributed by atoms with Gasteiger partial charge in [-0.25, -0.2) is 0 Å². The van der Waals surface area contributed by atoms with Crippen LogP contribution in [0, 0.1) is 0 Å². The first kappa shape index (κ1) is 76.6. The summed E-state index contributed by atoms with van der Waals surface area (Å²) < 4.78 is 16.9. The molecule has 462 valence electrons. The molecule has 0 amide bonds. The minimum atomic E-state index is -0.787. The van der Waals surface area contributed by atoms with Crippen LogP contribution in [-0.4, -0.2) is 37.2 Å². The molecule has 0 saturated carbocycles. The zero-order valence-electron chi connectivity index (χ0n) is 53.1. The van der Waals surface area contributed by atoms with Crippen LogP contribution in [0.5, 0.6) is 0 Å². The Morgan fingerprint density at radius 3 is 0.762 bits per heavy atom. The van der Waals surface area contributed by atoms with E-state index < -0.39 is 6.10 Å². The average molecular weight is 1120 g/mol. The summed E-state index contributed by atoms with van der Waals surface area (Å²) in [6.07, 6.45) is 90.5. The Morgan fingerprint density at radius 2 is 0.475 bits per heavy atom. The molecule has 6 nitrogen and oxygen atoms in total. The van der Waals surface area contributed by atoms with E-state index in [0.29, 0.717) is 19.3 Å². The Kier molecular flexibility index (Phi) is 65.2. The van der Waals surface area contributed by atoms with Gasteiger partial charge < -0.3 is 14.2 Å². The number of esters is 3. The predicted octanol–water partition coefficient (Wildman–Crippen LogP) is 23.8. The second-order valence-electron chi connectivity index (χ2n) is 23.1. The zero-order valence-corrected chi connectivity index (χ0v) is 53.1. The molecule has 0 aromatic rings. The number of hydrogen-bond acceptors (Lipinski definition) is 6. The molecule has 0 N–H and O–H groups in total. The molecule has 0 aliphatic rings. The Bertz CT molecular complexity index is 1520. The van der Waals surface area contributed by atoms with Gasteiger partial charge in [0.25, 0.3) is 0 Å². The van der Waals surface area contributed by atoms with Crippen LogP contribution in [0.4, 0.5) is 0 Å². The predicted molar refractivity (Wildman–Crippen MR) is 348 cm³/mol. The Hall–Kier alpha value is -3.41. The van der Waals surface area contributed by atoms with E-state index in [1.807, 2.05) is 0 Å². The van der Waals surface area contributed by atoms with Gasteiger partial charge in [-0.15, -0.1) is 0 Å². The summed E-state index contributed by atoms with van der Waals surface area (Å²) in [5, 5.41) is 0. The van der Waals surface area contributed by atoms with Crippen molar-refractivity contribution >= 4 is 17.9 Å². The molecule has 6 heteroatoms. The number of carbonyl (C=O) groups excluding carboxylic acids is 3. The maximum atomic E-state index is 12.9. The van der Waals surface area contributed by atoms with E-state index in [9.17, 15) is 14.4 Å². The van der Waals surface area contributed by atoms with Gasteiger partial charge in [-0.05, 0) is 116 Å². The molecule has 0 aliphatic heterocycles. The fraction of sp³-hybridized carbons (Fsp3) is 0.770. The van der Waals surface area contributed by atoms with Crippen LogP contribution in [-0.2, 0) is 28.6 Å². The standard InChI is InChI=1S/C74H130O6/c1-4-7-10-13-16-19-22-24-26-28-30-32-33-34-35-36-37-38-39-40-41-43-44-46-48-50-52-55-58-61-64-67-73(76)79-70-71(69-78-72(75)66-63-60-57-54-21-18-15-12-9-6-3)80-74(77)68-65-62-59-56-53-51-49-47-45-42-31-29-27-25-23-20-17-14-11-8-5-2/h12,15,22-25,28-31,33-34,45,47,71H,4-11,13-14,16-21,26-27,32,35-44,46,48-70H2,1-3H3/b15-12-,24-22-,25-23-,30-28-,31-29-,34-33-,47-45-. The van der Waals surface area contributed by atoms with Crippen molar-refractivity contribution in [1.82, 2.24) is 0 Å². The molecule has 0 aromatic heterocycles. The van der Waals surface area contributed by atoms with Crippen molar-refractivity contribution in [2.24, 2.45) is 0 Å². The van der Waals surface area contributed by atoms with E-state index in [1.54, 1.807) is 0 Å². The lowest BCUT2D eigenvalue weighted by molar-refractivity contribution is -0.167. The maximum absolute atomic E-state index is 12.9. The zero-order chi connectivity index (χ0) is 57.8. The number of hydrogen-bond donors (Lipinski definition) is 0. The lowest BCUT2D eigenvalue weighted by Crippen LogP contribution is -2.30. The molecular formula is C74H130O6. The second kappa shape index (κ2) is 68.1. The first-order valence-electron chi connectivity index (χ1n) is 34.6. The highest BCUT2D eigenvalue weighted by Crippen LogP contribution is 2.17. The SMILES string of the molecule is CCC/C=C\CCCCCCCC(=O)OCC(COC(=O)CCCCCCCCCCCCCCCCCC/C=C\C/C=C\C/C=C\CCCCCCC)OC(=O)CCCCCCCC/C=C\C/C=C\C/C=C\CCCCCCC. The molecule has 0 aliphatic carbocycles. The monoisotopic (exact) mass is 1110 g/mol. The van der Waals surface area contributed by atoms with E-state index in [2.05, 4.69) is 106 Å². The highest BCUT2D eigenvalue weighted by Gasteiger charge is 2.19. The summed E-state index contributed by atoms with van der Waals surface area (Å²) in [7, 11) is 0. The summed E-state index contributed by atoms with van der Waals surface area (Å²) in [6, 6.07) is 0. The van der Waals surface area contributed by atoms with Gasteiger partial charge in [-0.3, -0.25) is 14.4 Å². The number of carbonyl (C=O) groups is 3. The van der Waals surface area contributed by atoms with E-state index in [-0.39, 0.29) is 31.1 Å². The van der Waals surface area contributed by atoms with Crippen LogP contribution in [0.2, 0.25) is 0 Å². The molecule has 0 spiro atoms. The van der Waals surface area contributed by atoms with Gasteiger partial charge in [0, 0.05) is 19.3 Å². The molecule has 1 unspecified atom stereocenters. The van der Waals surface area contributed by atoms with Crippen molar-refractivity contribution in [3.8, 4) is 0 Å². The quantitative estimate of drug-likeness (QED) is 0.0261. The third kappa shape index (κ3) is 65.4. The van der Waals surface area contributed by atoms with Crippen molar-refractivity contribution in [2.45, 2.75) is 354 Å². The molecule has 0 heterocycles. The van der Waals surface area contributed by atoms with Crippen LogP contribution < -0.4 is 0 Å². The van der Waals surface area contributed by atoms with Crippen LogP contribution in [0.3, 0.4) is 0 Å². The Labute approximate surface area is 496 Å². The molecule has 80 heavy (non-hydrogen) atoms. The molecule has 0 saturated heterocycles. The molecular weight excluding hydrogens is 985 g/mol. The van der Waals surface area contributed by atoms with E-state index in [0.717, 1.165) is 109 Å². The smallest absolute Gasteiger partial charge is 0.306 e. The highest BCUT2D eigenvalue weighted by molar-refractivity contribution is 5.71. The number of allylic oxidation sites excluding steroid dienone is 14. The first-order valence-corrected chi connectivity index (χ1v) is 34.6. The second-order valence-corrected chi connectivity index (χ2v) is 23.1. The van der Waals surface area contributed by atoms with Gasteiger partial charge in [-0.1, -0.05) is 298 Å². The van der Waals surface area contributed by atoms with Gasteiger partial charge in [0.15, 0.2) is 6.10 Å². The first-order chi connectivity index (χ1) is 39.5.